The maximum Gasteiger partial charge on any atom is 0.239 e. The number of guanidine groups is 1. The molecule has 0 saturated heterocycles. The lowest BCUT2D eigenvalue weighted by Gasteiger charge is -2.00. The van der Waals surface area contributed by atoms with E-state index in [1.807, 2.05) is 0 Å². The van der Waals surface area contributed by atoms with E-state index in [-0.39, 0.29) is 18.4 Å². The molecule has 0 aromatic carbocycles. The van der Waals surface area contributed by atoms with Crippen molar-refractivity contribution in [1.29, 1.82) is 5.41 Å². The maximum absolute atomic E-state index is 10.4. The van der Waals surface area contributed by atoms with E-state index in [0.29, 0.717) is 0 Å². The van der Waals surface area contributed by atoms with Crippen molar-refractivity contribution < 1.29 is 4.79 Å². The lowest BCUT2D eigenvalue weighted by Crippen LogP contribution is -2.38. The molecule has 5 heteroatoms. The van der Waals surface area contributed by atoms with E-state index in [2.05, 4.69) is 10.6 Å². The van der Waals surface area contributed by atoms with Crippen molar-refractivity contribution in [2.45, 2.75) is 0 Å². The third-order valence-corrected chi connectivity index (χ3v) is 0.718. The van der Waals surface area contributed by atoms with Gasteiger partial charge in [-0.15, -0.1) is 0 Å². The minimum Gasteiger partial charge on any atom is -0.370 e. The van der Waals surface area contributed by atoms with Crippen LogP contribution in [0.3, 0.4) is 0 Å². The minimum atomic E-state index is -0.196. The average molecular weight is 130 g/mol. The summed E-state index contributed by atoms with van der Waals surface area (Å²) in [6, 6.07) is 0. The Morgan fingerprint density at radius 3 is 2.67 bits per heavy atom. The Morgan fingerprint density at radius 1 is 1.78 bits per heavy atom. The SMILES string of the molecule is CNC(=O)CNC(=N)N. The van der Waals surface area contributed by atoms with Gasteiger partial charge in [0.15, 0.2) is 5.96 Å². The van der Waals surface area contributed by atoms with Crippen LogP contribution in [0.15, 0.2) is 0 Å². The van der Waals surface area contributed by atoms with Crippen molar-refractivity contribution in [3.8, 4) is 0 Å². The van der Waals surface area contributed by atoms with Crippen molar-refractivity contribution in [3.05, 3.63) is 0 Å². The fraction of sp³-hybridized carbons (Fsp3) is 0.500. The summed E-state index contributed by atoms with van der Waals surface area (Å²) < 4.78 is 0. The van der Waals surface area contributed by atoms with E-state index in [9.17, 15) is 4.79 Å². The summed E-state index contributed by atoms with van der Waals surface area (Å²) in [4.78, 5) is 10.4. The van der Waals surface area contributed by atoms with Gasteiger partial charge in [-0.3, -0.25) is 10.2 Å². The first-order valence-electron chi connectivity index (χ1n) is 2.45. The number of carbonyl (C=O) groups is 1. The van der Waals surface area contributed by atoms with Gasteiger partial charge in [0.25, 0.3) is 0 Å². The second kappa shape index (κ2) is 3.71. The zero-order valence-electron chi connectivity index (χ0n) is 5.19. The standard InChI is InChI=1S/C4H10N4O/c1-7-3(9)2-8-4(5)6/h2H2,1H3,(H,7,9)(H4,5,6,8). The van der Waals surface area contributed by atoms with Crippen LogP contribution >= 0.6 is 0 Å². The van der Waals surface area contributed by atoms with E-state index in [0.717, 1.165) is 0 Å². The molecule has 0 bridgehead atoms. The largest absolute Gasteiger partial charge is 0.370 e. The number of likely N-dealkylation sites (N-methyl/N-ethyl adjacent to an activating group) is 1. The Bertz CT molecular complexity index is 122. The van der Waals surface area contributed by atoms with Crippen molar-refractivity contribution in [3.63, 3.8) is 0 Å². The molecule has 0 aliphatic rings. The molecule has 9 heavy (non-hydrogen) atoms. The Kier molecular flexibility index (Phi) is 3.19. The molecule has 5 nitrogen and oxygen atoms in total. The Hall–Kier alpha value is -1.26. The quantitative estimate of drug-likeness (QED) is 0.263. The lowest BCUT2D eigenvalue weighted by molar-refractivity contribution is -0.119. The molecule has 0 saturated carbocycles. The van der Waals surface area contributed by atoms with Crippen LogP contribution in [-0.2, 0) is 4.79 Å². The van der Waals surface area contributed by atoms with E-state index < -0.39 is 0 Å². The maximum atomic E-state index is 10.4. The molecule has 0 rings (SSSR count). The number of nitrogens with one attached hydrogen (secondary N) is 3. The van der Waals surface area contributed by atoms with Crippen LogP contribution in [0.1, 0.15) is 0 Å². The van der Waals surface area contributed by atoms with Crippen LogP contribution in [-0.4, -0.2) is 25.5 Å². The number of hydrogen-bond donors (Lipinski definition) is 4. The zero-order valence-corrected chi connectivity index (χ0v) is 5.19. The van der Waals surface area contributed by atoms with Gasteiger partial charge in [-0.2, -0.15) is 0 Å². The minimum absolute atomic E-state index is 0.0613. The predicted molar refractivity (Wildman–Crippen MR) is 34.0 cm³/mol. The highest BCUT2D eigenvalue weighted by Crippen LogP contribution is 1.57. The van der Waals surface area contributed by atoms with Crippen molar-refractivity contribution in [2.24, 2.45) is 5.73 Å². The average Bonchev–Trinajstić information content (AvgIpc) is 1.83. The molecule has 0 fully saturated rings. The fourth-order valence-electron chi connectivity index (χ4n) is 0.264. The van der Waals surface area contributed by atoms with Gasteiger partial charge in [-0.05, 0) is 0 Å². The summed E-state index contributed by atoms with van der Waals surface area (Å²) in [7, 11) is 1.52. The molecule has 0 aliphatic heterocycles. The summed E-state index contributed by atoms with van der Waals surface area (Å²) in [5, 5.41) is 11.4. The molecule has 0 unspecified atom stereocenters. The van der Waals surface area contributed by atoms with Crippen LogP contribution in [0.2, 0.25) is 0 Å². The third-order valence-electron chi connectivity index (χ3n) is 0.718. The molecule has 1 amide bonds. The Morgan fingerprint density at radius 2 is 2.33 bits per heavy atom. The van der Waals surface area contributed by atoms with Crippen molar-refractivity contribution >= 4 is 11.9 Å². The second-order valence-electron chi connectivity index (χ2n) is 1.44. The molecular formula is C4H10N4O. The molecular weight excluding hydrogens is 120 g/mol. The monoisotopic (exact) mass is 130 g/mol. The van der Waals surface area contributed by atoms with Gasteiger partial charge in [0.05, 0.1) is 6.54 Å². The number of hydrogen-bond acceptors (Lipinski definition) is 2. The summed E-state index contributed by atoms with van der Waals surface area (Å²) >= 11 is 0. The van der Waals surface area contributed by atoms with Gasteiger partial charge >= 0.3 is 0 Å². The molecule has 0 radical (unpaired) electrons. The number of amides is 1. The smallest absolute Gasteiger partial charge is 0.239 e. The molecule has 0 atom stereocenters. The summed E-state index contributed by atoms with van der Waals surface area (Å²) in [5.41, 5.74) is 4.89. The molecule has 52 valence electrons. The summed E-state index contributed by atoms with van der Waals surface area (Å²) in [5.74, 6) is -0.385. The normalized spacial score (nSPS) is 8.11. The molecule has 0 aromatic heterocycles. The number of rotatable bonds is 2. The van der Waals surface area contributed by atoms with Crippen molar-refractivity contribution in [2.75, 3.05) is 13.6 Å². The highest BCUT2D eigenvalue weighted by atomic mass is 16.1. The third kappa shape index (κ3) is 4.60. The van der Waals surface area contributed by atoms with Crippen LogP contribution in [0.5, 0.6) is 0 Å². The Labute approximate surface area is 53.1 Å². The number of carbonyl (C=O) groups excluding carboxylic acids is 1. The molecule has 0 aliphatic carbocycles. The molecule has 0 spiro atoms. The van der Waals surface area contributed by atoms with E-state index in [1.165, 1.54) is 7.05 Å². The lowest BCUT2D eigenvalue weighted by atomic mass is 10.6. The molecule has 0 aromatic rings. The first kappa shape index (κ1) is 7.74. The highest BCUT2D eigenvalue weighted by Gasteiger charge is 1.94. The van der Waals surface area contributed by atoms with E-state index in [1.54, 1.807) is 0 Å². The van der Waals surface area contributed by atoms with Crippen LogP contribution in [0.4, 0.5) is 0 Å². The highest BCUT2D eigenvalue weighted by molar-refractivity contribution is 5.83. The number of nitrogens with two attached hydrogens (primary N) is 1. The molecule has 5 N–H and O–H groups in total. The first-order valence-corrected chi connectivity index (χ1v) is 2.45. The zero-order chi connectivity index (χ0) is 7.28. The van der Waals surface area contributed by atoms with Crippen LogP contribution < -0.4 is 16.4 Å². The Balaban J connectivity index is 3.28. The van der Waals surface area contributed by atoms with Gasteiger partial charge in [0, 0.05) is 7.05 Å². The van der Waals surface area contributed by atoms with E-state index in [4.69, 9.17) is 11.1 Å². The van der Waals surface area contributed by atoms with E-state index >= 15 is 0 Å². The van der Waals surface area contributed by atoms with Gasteiger partial charge in [-0.25, -0.2) is 0 Å². The topological polar surface area (TPSA) is 91.0 Å². The first-order chi connectivity index (χ1) is 4.16. The summed E-state index contributed by atoms with van der Waals surface area (Å²) in [6.45, 7) is 0.0613. The van der Waals surface area contributed by atoms with Gasteiger partial charge < -0.3 is 16.4 Å². The summed E-state index contributed by atoms with van der Waals surface area (Å²) in [6.07, 6.45) is 0. The molecule has 0 heterocycles. The van der Waals surface area contributed by atoms with Crippen LogP contribution in [0.25, 0.3) is 0 Å². The van der Waals surface area contributed by atoms with Crippen molar-refractivity contribution in [1.82, 2.24) is 10.6 Å². The fourth-order valence-corrected chi connectivity index (χ4v) is 0.264. The van der Waals surface area contributed by atoms with Gasteiger partial charge in [0.2, 0.25) is 5.91 Å². The van der Waals surface area contributed by atoms with Crippen LogP contribution in [0, 0.1) is 5.41 Å². The van der Waals surface area contributed by atoms with Gasteiger partial charge in [-0.1, -0.05) is 0 Å². The predicted octanol–water partition coefficient (Wildman–Crippen LogP) is -1.78. The second-order valence-corrected chi connectivity index (χ2v) is 1.44. The van der Waals surface area contributed by atoms with Gasteiger partial charge in [0.1, 0.15) is 0 Å².